The lowest BCUT2D eigenvalue weighted by Gasteiger charge is -2.05. The van der Waals surface area contributed by atoms with Crippen molar-refractivity contribution >= 4 is 27.4 Å². The van der Waals surface area contributed by atoms with Crippen LogP contribution in [0.25, 0.3) is 21.3 Å². The van der Waals surface area contributed by atoms with Crippen LogP contribution in [0.3, 0.4) is 0 Å². The standard InChI is InChI=1S/C13H12N4OS/c1-18-9-4-2-8(3-5-9)10-6-19-13-11(10)12(17-14)15-7-16-13/h2-7H,14H2,1H3,(H,15,16,17). The first kappa shape index (κ1) is 11.9. The molecule has 0 fully saturated rings. The molecular weight excluding hydrogens is 260 g/mol. The van der Waals surface area contributed by atoms with E-state index in [-0.39, 0.29) is 0 Å². The Labute approximate surface area is 114 Å². The Morgan fingerprint density at radius 2 is 2.00 bits per heavy atom. The minimum absolute atomic E-state index is 0.636. The highest BCUT2D eigenvalue weighted by Crippen LogP contribution is 2.36. The number of nitrogen functional groups attached to an aromatic ring is 1. The van der Waals surface area contributed by atoms with Gasteiger partial charge in [-0.15, -0.1) is 11.3 Å². The maximum absolute atomic E-state index is 5.51. The summed E-state index contributed by atoms with van der Waals surface area (Å²) >= 11 is 1.57. The van der Waals surface area contributed by atoms with Crippen LogP contribution in [-0.2, 0) is 0 Å². The highest BCUT2D eigenvalue weighted by atomic mass is 32.1. The highest BCUT2D eigenvalue weighted by Gasteiger charge is 2.12. The zero-order chi connectivity index (χ0) is 13.2. The van der Waals surface area contributed by atoms with Gasteiger partial charge in [0.1, 0.15) is 16.9 Å². The molecule has 0 aliphatic rings. The smallest absolute Gasteiger partial charge is 0.152 e. The summed E-state index contributed by atoms with van der Waals surface area (Å²) in [4.78, 5) is 9.32. The Balaban J connectivity index is 2.18. The summed E-state index contributed by atoms with van der Waals surface area (Å²) in [5.41, 5.74) is 4.77. The van der Waals surface area contributed by atoms with E-state index in [0.717, 1.165) is 27.1 Å². The van der Waals surface area contributed by atoms with Gasteiger partial charge in [0.05, 0.1) is 12.5 Å². The number of nitrogens with two attached hydrogens (primary N) is 1. The van der Waals surface area contributed by atoms with Gasteiger partial charge in [-0.25, -0.2) is 15.8 Å². The molecule has 0 saturated carbocycles. The van der Waals surface area contributed by atoms with Crippen molar-refractivity contribution in [3.8, 4) is 16.9 Å². The molecule has 2 aromatic heterocycles. The van der Waals surface area contributed by atoms with E-state index in [1.807, 2.05) is 24.3 Å². The number of anilines is 1. The Morgan fingerprint density at radius 3 is 2.68 bits per heavy atom. The number of thiophene rings is 1. The average Bonchev–Trinajstić information content (AvgIpc) is 2.91. The second-order valence-corrected chi connectivity index (χ2v) is 4.78. The van der Waals surface area contributed by atoms with Gasteiger partial charge in [-0.3, -0.25) is 0 Å². The third-order valence-electron chi connectivity index (χ3n) is 2.91. The summed E-state index contributed by atoms with van der Waals surface area (Å²) in [5, 5.41) is 3.00. The molecule has 6 heteroatoms. The summed E-state index contributed by atoms with van der Waals surface area (Å²) in [7, 11) is 1.65. The minimum atomic E-state index is 0.636. The number of aromatic nitrogens is 2. The number of fused-ring (bicyclic) bond motifs is 1. The molecule has 0 amide bonds. The number of rotatable bonds is 3. The Bertz CT molecular complexity index is 708. The lowest BCUT2D eigenvalue weighted by atomic mass is 10.1. The first-order valence-corrected chi connectivity index (χ1v) is 6.54. The number of hydrogen-bond acceptors (Lipinski definition) is 6. The molecule has 96 valence electrons. The maximum Gasteiger partial charge on any atom is 0.152 e. The second-order valence-electron chi connectivity index (χ2n) is 3.92. The maximum atomic E-state index is 5.51. The van der Waals surface area contributed by atoms with Crippen molar-refractivity contribution in [1.82, 2.24) is 9.97 Å². The van der Waals surface area contributed by atoms with Crippen molar-refractivity contribution in [1.29, 1.82) is 0 Å². The number of methoxy groups -OCH3 is 1. The van der Waals surface area contributed by atoms with Crippen molar-refractivity contribution in [3.63, 3.8) is 0 Å². The van der Waals surface area contributed by atoms with Crippen LogP contribution in [0.4, 0.5) is 5.82 Å². The summed E-state index contributed by atoms with van der Waals surface area (Å²) < 4.78 is 5.16. The van der Waals surface area contributed by atoms with Crippen LogP contribution in [-0.4, -0.2) is 17.1 Å². The summed E-state index contributed by atoms with van der Waals surface area (Å²) in [6.45, 7) is 0. The van der Waals surface area contributed by atoms with E-state index in [1.165, 1.54) is 6.33 Å². The molecule has 0 radical (unpaired) electrons. The van der Waals surface area contributed by atoms with Gasteiger partial charge in [0.25, 0.3) is 0 Å². The van der Waals surface area contributed by atoms with Crippen molar-refractivity contribution in [3.05, 3.63) is 36.0 Å². The predicted octanol–water partition coefficient (Wildman–Crippen LogP) is 2.65. The SMILES string of the molecule is COc1ccc(-c2csc3ncnc(NN)c23)cc1. The number of ether oxygens (including phenoxy) is 1. The van der Waals surface area contributed by atoms with Gasteiger partial charge in [0, 0.05) is 10.9 Å². The summed E-state index contributed by atoms with van der Waals surface area (Å²) in [6, 6.07) is 7.87. The van der Waals surface area contributed by atoms with E-state index < -0.39 is 0 Å². The molecular formula is C13H12N4OS. The van der Waals surface area contributed by atoms with Gasteiger partial charge in [-0.2, -0.15) is 0 Å². The summed E-state index contributed by atoms with van der Waals surface area (Å²) in [6.07, 6.45) is 1.51. The number of nitrogens with zero attached hydrogens (tertiary/aromatic N) is 2. The number of nitrogens with one attached hydrogen (secondary N) is 1. The van der Waals surface area contributed by atoms with Gasteiger partial charge in [-0.05, 0) is 17.7 Å². The monoisotopic (exact) mass is 272 g/mol. The molecule has 0 aliphatic heterocycles. The van der Waals surface area contributed by atoms with Crippen molar-refractivity contribution < 1.29 is 4.74 Å². The molecule has 2 heterocycles. The predicted molar refractivity (Wildman–Crippen MR) is 77.2 cm³/mol. The molecule has 0 spiro atoms. The Kier molecular flexibility index (Phi) is 3.02. The number of hydrazine groups is 1. The third-order valence-corrected chi connectivity index (χ3v) is 3.79. The zero-order valence-electron chi connectivity index (χ0n) is 10.3. The van der Waals surface area contributed by atoms with E-state index in [0.29, 0.717) is 5.82 Å². The molecule has 0 bridgehead atoms. The van der Waals surface area contributed by atoms with Crippen LogP contribution in [0.5, 0.6) is 5.75 Å². The van der Waals surface area contributed by atoms with Crippen LogP contribution in [0.15, 0.2) is 36.0 Å². The molecule has 0 saturated heterocycles. The molecule has 1 aromatic carbocycles. The minimum Gasteiger partial charge on any atom is -0.497 e. The van der Waals surface area contributed by atoms with Gasteiger partial charge in [0.15, 0.2) is 5.82 Å². The molecule has 5 nitrogen and oxygen atoms in total. The number of hydrogen-bond donors (Lipinski definition) is 2. The van der Waals surface area contributed by atoms with Crippen LogP contribution < -0.4 is 16.0 Å². The fourth-order valence-electron chi connectivity index (χ4n) is 1.97. The highest BCUT2D eigenvalue weighted by molar-refractivity contribution is 7.17. The number of benzene rings is 1. The quantitative estimate of drug-likeness (QED) is 0.566. The Morgan fingerprint density at radius 1 is 1.21 bits per heavy atom. The fourth-order valence-corrected chi connectivity index (χ4v) is 2.88. The molecule has 0 atom stereocenters. The van der Waals surface area contributed by atoms with Crippen LogP contribution >= 0.6 is 11.3 Å². The lowest BCUT2D eigenvalue weighted by molar-refractivity contribution is 0.415. The fraction of sp³-hybridized carbons (Fsp3) is 0.0769. The van der Waals surface area contributed by atoms with E-state index >= 15 is 0 Å². The molecule has 3 N–H and O–H groups in total. The molecule has 3 aromatic rings. The van der Waals surface area contributed by atoms with Crippen LogP contribution in [0, 0.1) is 0 Å². The molecule has 0 unspecified atom stereocenters. The lowest BCUT2D eigenvalue weighted by Crippen LogP contribution is -2.08. The van der Waals surface area contributed by atoms with Gasteiger partial charge < -0.3 is 10.2 Å². The van der Waals surface area contributed by atoms with Gasteiger partial charge in [-0.1, -0.05) is 12.1 Å². The van der Waals surface area contributed by atoms with E-state index in [1.54, 1.807) is 18.4 Å². The largest absolute Gasteiger partial charge is 0.497 e. The first-order chi connectivity index (χ1) is 9.33. The van der Waals surface area contributed by atoms with E-state index in [9.17, 15) is 0 Å². The van der Waals surface area contributed by atoms with Gasteiger partial charge in [0.2, 0.25) is 0 Å². The average molecular weight is 272 g/mol. The second kappa shape index (κ2) is 4.83. The summed E-state index contributed by atoms with van der Waals surface area (Å²) in [5.74, 6) is 6.98. The zero-order valence-corrected chi connectivity index (χ0v) is 11.1. The van der Waals surface area contributed by atoms with Crippen molar-refractivity contribution in [2.24, 2.45) is 5.84 Å². The molecule has 0 aliphatic carbocycles. The van der Waals surface area contributed by atoms with E-state index in [4.69, 9.17) is 10.6 Å². The topological polar surface area (TPSA) is 73.1 Å². The van der Waals surface area contributed by atoms with Crippen LogP contribution in [0.1, 0.15) is 0 Å². The normalized spacial score (nSPS) is 10.6. The van der Waals surface area contributed by atoms with E-state index in [2.05, 4.69) is 20.8 Å². The first-order valence-electron chi connectivity index (χ1n) is 5.66. The van der Waals surface area contributed by atoms with Crippen LogP contribution in [0.2, 0.25) is 0 Å². The van der Waals surface area contributed by atoms with Crippen molar-refractivity contribution in [2.45, 2.75) is 0 Å². The third kappa shape index (κ3) is 2.00. The molecule has 19 heavy (non-hydrogen) atoms. The van der Waals surface area contributed by atoms with Gasteiger partial charge >= 0.3 is 0 Å². The van der Waals surface area contributed by atoms with Crippen molar-refractivity contribution in [2.75, 3.05) is 12.5 Å². The molecule has 3 rings (SSSR count). The Hall–Kier alpha value is -2.18.